The number of carbonyl (C=O) groups is 2. The average molecular weight is 235 g/mol. The third kappa shape index (κ3) is 1.40. The van der Waals surface area contributed by atoms with Gasteiger partial charge in [0, 0.05) is 17.4 Å². The van der Waals surface area contributed by atoms with Crippen molar-refractivity contribution in [2.24, 2.45) is 5.73 Å². The number of fused-ring (bicyclic) bond motifs is 1. The highest BCUT2D eigenvalue weighted by atomic mass is 32.2. The Hall–Kier alpha value is -1.75. The van der Waals surface area contributed by atoms with Gasteiger partial charge in [0.15, 0.2) is 0 Å². The molecule has 0 aromatic heterocycles. The first-order valence-electron chi connectivity index (χ1n) is 4.55. The van der Waals surface area contributed by atoms with E-state index >= 15 is 0 Å². The van der Waals surface area contributed by atoms with Crippen molar-refractivity contribution in [1.82, 2.24) is 0 Å². The molecule has 0 saturated carbocycles. The molecule has 1 unspecified atom stereocenters. The lowest BCUT2D eigenvalue weighted by atomic mass is 9.93. The number of nitrogens with two attached hydrogens (primary N) is 1. The fourth-order valence-corrected chi connectivity index (χ4v) is 2.43. The van der Waals surface area contributed by atoms with Crippen molar-refractivity contribution >= 4 is 22.4 Å². The summed E-state index contributed by atoms with van der Waals surface area (Å²) in [4.78, 5) is 23.6. The molecule has 1 atom stereocenters. The van der Waals surface area contributed by atoms with Gasteiger partial charge in [-0.05, 0) is 0 Å². The van der Waals surface area contributed by atoms with E-state index < -0.39 is 22.4 Å². The molecule has 0 aliphatic heterocycles. The van der Waals surface area contributed by atoms with Crippen LogP contribution in [0.1, 0.15) is 20.7 Å². The normalized spacial score (nSPS) is 17.3. The van der Waals surface area contributed by atoms with E-state index in [4.69, 9.17) is 5.73 Å². The third-order valence-electron chi connectivity index (χ3n) is 2.40. The van der Waals surface area contributed by atoms with Gasteiger partial charge in [0.25, 0.3) is 0 Å². The lowest BCUT2D eigenvalue weighted by Gasteiger charge is -2.16. The van der Waals surface area contributed by atoms with Crippen LogP contribution in [0.5, 0.6) is 0 Å². The minimum absolute atomic E-state index is 0.0938. The maximum Gasteiger partial charge on any atom is 0.210 e. The summed E-state index contributed by atoms with van der Waals surface area (Å²) in [6.45, 7) is 0. The van der Waals surface area contributed by atoms with E-state index in [0.29, 0.717) is 0 Å². The molecular weight excluding hydrogens is 226 g/mol. The summed E-state index contributed by atoms with van der Waals surface area (Å²) in [5, 5.41) is 0. The zero-order chi connectivity index (χ0) is 11.9. The highest BCUT2D eigenvalue weighted by molar-refractivity contribution is 7.89. The molecule has 4 nitrogen and oxygen atoms in total. The van der Waals surface area contributed by atoms with Gasteiger partial charge in [-0.1, -0.05) is 24.3 Å². The predicted molar refractivity (Wildman–Crippen MR) is 60.4 cm³/mol. The zero-order valence-corrected chi connectivity index (χ0v) is 9.34. The molecule has 0 bridgehead atoms. The Morgan fingerprint density at radius 1 is 1.06 bits per heavy atom. The first-order chi connectivity index (χ1) is 7.54. The molecule has 1 aromatic carbocycles. The van der Waals surface area contributed by atoms with Gasteiger partial charge in [-0.3, -0.25) is 13.8 Å². The van der Waals surface area contributed by atoms with E-state index in [2.05, 4.69) is 0 Å². The lowest BCUT2D eigenvalue weighted by Crippen LogP contribution is -2.28. The van der Waals surface area contributed by atoms with Gasteiger partial charge in [-0.15, -0.1) is 0 Å². The minimum Gasteiger partial charge on any atom is -0.394 e. The number of ketones is 2. The molecular formula is C11H9NO3S. The van der Waals surface area contributed by atoms with Gasteiger partial charge in [0.2, 0.25) is 11.6 Å². The molecule has 16 heavy (non-hydrogen) atoms. The number of rotatable bonds is 1. The summed E-state index contributed by atoms with van der Waals surface area (Å²) in [5.41, 5.74) is 5.89. The predicted octanol–water partition coefficient (Wildman–Crippen LogP) is 0.614. The molecule has 5 heteroatoms. The van der Waals surface area contributed by atoms with Crippen LogP contribution in [-0.2, 0) is 10.8 Å². The van der Waals surface area contributed by atoms with Gasteiger partial charge >= 0.3 is 0 Å². The van der Waals surface area contributed by atoms with Crippen molar-refractivity contribution in [2.75, 3.05) is 6.26 Å². The summed E-state index contributed by atoms with van der Waals surface area (Å²) < 4.78 is 11.4. The smallest absolute Gasteiger partial charge is 0.210 e. The van der Waals surface area contributed by atoms with Gasteiger partial charge in [0.05, 0.1) is 10.8 Å². The van der Waals surface area contributed by atoms with Crippen molar-refractivity contribution in [1.29, 1.82) is 0 Å². The summed E-state index contributed by atoms with van der Waals surface area (Å²) in [6, 6.07) is 6.39. The van der Waals surface area contributed by atoms with Crippen LogP contribution < -0.4 is 5.73 Å². The van der Waals surface area contributed by atoms with Gasteiger partial charge in [-0.2, -0.15) is 0 Å². The summed E-state index contributed by atoms with van der Waals surface area (Å²) in [7, 11) is -1.56. The topological polar surface area (TPSA) is 77.2 Å². The molecule has 0 fully saturated rings. The minimum atomic E-state index is -1.56. The third-order valence-corrected chi connectivity index (χ3v) is 3.38. The molecule has 0 heterocycles. The van der Waals surface area contributed by atoms with Crippen molar-refractivity contribution in [3.8, 4) is 0 Å². The van der Waals surface area contributed by atoms with E-state index in [0.717, 1.165) is 0 Å². The highest BCUT2D eigenvalue weighted by Crippen LogP contribution is 2.25. The number of allylic oxidation sites excluding steroid dienone is 2. The van der Waals surface area contributed by atoms with Crippen molar-refractivity contribution in [3.05, 3.63) is 46.0 Å². The Balaban J connectivity index is 2.73. The lowest BCUT2D eigenvalue weighted by molar-refractivity contribution is 0.0980. The van der Waals surface area contributed by atoms with Crippen LogP contribution in [0.3, 0.4) is 0 Å². The van der Waals surface area contributed by atoms with Crippen LogP contribution in [0.4, 0.5) is 0 Å². The number of hydrogen-bond donors (Lipinski definition) is 1. The zero-order valence-electron chi connectivity index (χ0n) is 8.52. The van der Waals surface area contributed by atoms with Crippen LogP contribution in [0.25, 0.3) is 0 Å². The number of benzene rings is 1. The molecule has 1 aromatic rings. The van der Waals surface area contributed by atoms with Crippen molar-refractivity contribution < 1.29 is 13.8 Å². The average Bonchev–Trinajstić information content (AvgIpc) is 2.26. The maximum atomic E-state index is 11.9. The van der Waals surface area contributed by atoms with Gasteiger partial charge < -0.3 is 5.73 Å². The molecule has 0 saturated heterocycles. The van der Waals surface area contributed by atoms with Crippen molar-refractivity contribution in [2.45, 2.75) is 0 Å². The molecule has 82 valence electrons. The Morgan fingerprint density at radius 3 is 2.06 bits per heavy atom. The Morgan fingerprint density at radius 2 is 1.56 bits per heavy atom. The Labute approximate surface area is 94.6 Å². The van der Waals surface area contributed by atoms with Crippen molar-refractivity contribution in [3.63, 3.8) is 0 Å². The van der Waals surface area contributed by atoms with E-state index in [-0.39, 0.29) is 21.7 Å². The van der Waals surface area contributed by atoms with Crippen LogP contribution in [0.15, 0.2) is 34.9 Å². The second kappa shape index (κ2) is 3.68. The fourth-order valence-electron chi connectivity index (χ4n) is 1.66. The van der Waals surface area contributed by atoms with Crippen LogP contribution in [-0.4, -0.2) is 22.0 Å². The Kier molecular flexibility index (Phi) is 2.47. The largest absolute Gasteiger partial charge is 0.394 e. The second-order valence-electron chi connectivity index (χ2n) is 3.40. The molecule has 0 radical (unpaired) electrons. The van der Waals surface area contributed by atoms with Crippen LogP contribution in [0.2, 0.25) is 0 Å². The molecule has 0 amide bonds. The van der Waals surface area contributed by atoms with E-state index in [9.17, 15) is 13.8 Å². The van der Waals surface area contributed by atoms with E-state index in [1.807, 2.05) is 0 Å². The van der Waals surface area contributed by atoms with Crippen LogP contribution in [0, 0.1) is 0 Å². The van der Waals surface area contributed by atoms with E-state index in [1.165, 1.54) is 18.4 Å². The summed E-state index contributed by atoms with van der Waals surface area (Å²) in [5.74, 6) is -0.853. The fraction of sp³-hybridized carbons (Fsp3) is 0.0909. The number of Topliss-reactive ketones (excluding diaryl/α,β-unsaturated/α-hetero) is 2. The summed E-state index contributed by atoms with van der Waals surface area (Å²) in [6.07, 6.45) is 1.33. The van der Waals surface area contributed by atoms with Gasteiger partial charge in [-0.25, -0.2) is 0 Å². The standard InChI is InChI=1S/C11H9NO3S/c1-16(15)11-8(12)9(13)6-4-2-3-5-7(6)10(11)14/h2-5H,12H2,1H3. The van der Waals surface area contributed by atoms with E-state index in [1.54, 1.807) is 12.1 Å². The monoisotopic (exact) mass is 235 g/mol. The first kappa shape index (κ1) is 10.8. The maximum absolute atomic E-state index is 11.9. The second-order valence-corrected chi connectivity index (χ2v) is 4.72. The first-order valence-corrected chi connectivity index (χ1v) is 6.11. The quantitative estimate of drug-likeness (QED) is 0.773. The molecule has 1 aliphatic rings. The van der Waals surface area contributed by atoms with Gasteiger partial charge in [0.1, 0.15) is 10.6 Å². The molecule has 2 rings (SSSR count). The molecule has 0 spiro atoms. The molecule has 1 aliphatic carbocycles. The summed E-state index contributed by atoms with van der Waals surface area (Å²) >= 11 is 0. The van der Waals surface area contributed by atoms with Crippen LogP contribution >= 0.6 is 0 Å². The SMILES string of the molecule is CS(=O)C1=C(N)C(=O)c2ccccc2C1=O. The Bertz CT molecular complexity index is 560. The molecule has 2 N–H and O–H groups in total. The number of hydrogen-bond acceptors (Lipinski definition) is 4. The number of carbonyl (C=O) groups excluding carboxylic acids is 2. The highest BCUT2D eigenvalue weighted by Gasteiger charge is 2.32.